The van der Waals surface area contributed by atoms with E-state index in [4.69, 9.17) is 9.15 Å². The van der Waals surface area contributed by atoms with Crippen molar-refractivity contribution < 1.29 is 9.15 Å². The standard InChI is InChI=1S/C19H24O2/c1-14(2)9-10-21-18-7-5-16(6-8-18)19-13-20-12-17(19)11-15(3)4/h5-9,12-13,15H,10-11H2,1-4H3. The maximum absolute atomic E-state index is 5.68. The number of rotatable bonds is 6. The molecule has 0 bridgehead atoms. The third kappa shape index (κ3) is 4.52. The smallest absolute Gasteiger partial charge is 0.119 e. The third-order valence-electron chi connectivity index (χ3n) is 3.28. The van der Waals surface area contributed by atoms with E-state index >= 15 is 0 Å². The van der Waals surface area contributed by atoms with Crippen LogP contribution < -0.4 is 4.74 Å². The van der Waals surface area contributed by atoms with Gasteiger partial charge in [0.05, 0.1) is 12.5 Å². The number of allylic oxidation sites excluding steroid dienone is 1. The van der Waals surface area contributed by atoms with Crippen LogP contribution in [0.3, 0.4) is 0 Å². The SMILES string of the molecule is CC(C)=CCOc1ccc(-c2cocc2CC(C)C)cc1. The van der Waals surface area contributed by atoms with E-state index in [-0.39, 0.29) is 0 Å². The Morgan fingerprint density at radius 1 is 1.14 bits per heavy atom. The Bertz CT molecular complexity index is 584. The van der Waals surface area contributed by atoms with Crippen molar-refractivity contribution in [2.45, 2.75) is 34.1 Å². The molecule has 0 atom stereocenters. The molecule has 0 unspecified atom stereocenters. The molecule has 21 heavy (non-hydrogen) atoms. The maximum Gasteiger partial charge on any atom is 0.119 e. The highest BCUT2D eigenvalue weighted by Gasteiger charge is 2.09. The second-order valence-electron chi connectivity index (χ2n) is 6.03. The number of furan rings is 1. The summed E-state index contributed by atoms with van der Waals surface area (Å²) in [5, 5.41) is 0. The fourth-order valence-electron chi connectivity index (χ4n) is 2.21. The molecule has 0 aliphatic rings. The lowest BCUT2D eigenvalue weighted by Gasteiger charge is -2.07. The summed E-state index contributed by atoms with van der Waals surface area (Å²) in [5.74, 6) is 1.51. The minimum atomic E-state index is 0.617. The van der Waals surface area contributed by atoms with Gasteiger partial charge in [-0.3, -0.25) is 0 Å². The molecule has 0 radical (unpaired) electrons. The second kappa shape index (κ2) is 7.16. The minimum Gasteiger partial charge on any atom is -0.490 e. The van der Waals surface area contributed by atoms with Crippen LogP contribution in [0, 0.1) is 5.92 Å². The summed E-state index contributed by atoms with van der Waals surface area (Å²) in [4.78, 5) is 0. The van der Waals surface area contributed by atoms with Gasteiger partial charge in [-0.1, -0.05) is 31.6 Å². The third-order valence-corrected chi connectivity index (χ3v) is 3.28. The van der Waals surface area contributed by atoms with Crippen LogP contribution in [0.15, 0.2) is 52.9 Å². The van der Waals surface area contributed by atoms with Crippen molar-refractivity contribution in [3.63, 3.8) is 0 Å². The molecule has 0 aliphatic carbocycles. The van der Waals surface area contributed by atoms with Crippen molar-refractivity contribution in [1.82, 2.24) is 0 Å². The van der Waals surface area contributed by atoms with Gasteiger partial charge in [0.2, 0.25) is 0 Å². The fourth-order valence-corrected chi connectivity index (χ4v) is 2.21. The molecule has 0 aliphatic heterocycles. The lowest BCUT2D eigenvalue weighted by molar-refractivity contribution is 0.362. The monoisotopic (exact) mass is 284 g/mol. The highest BCUT2D eigenvalue weighted by atomic mass is 16.5. The van der Waals surface area contributed by atoms with Crippen LogP contribution in [0.2, 0.25) is 0 Å². The molecule has 0 N–H and O–H groups in total. The molecule has 1 heterocycles. The topological polar surface area (TPSA) is 22.4 Å². The quantitative estimate of drug-likeness (QED) is 0.654. The van der Waals surface area contributed by atoms with E-state index in [2.05, 4.69) is 45.9 Å². The van der Waals surface area contributed by atoms with Crippen LogP contribution in [0.4, 0.5) is 0 Å². The van der Waals surface area contributed by atoms with Crippen LogP contribution >= 0.6 is 0 Å². The first-order chi connectivity index (χ1) is 10.1. The van der Waals surface area contributed by atoms with Gasteiger partial charge < -0.3 is 9.15 Å². The molecule has 0 saturated heterocycles. The highest BCUT2D eigenvalue weighted by Crippen LogP contribution is 2.28. The predicted octanol–water partition coefficient (Wildman–Crippen LogP) is 5.49. The van der Waals surface area contributed by atoms with Crippen LogP contribution in [0.25, 0.3) is 11.1 Å². The van der Waals surface area contributed by atoms with E-state index in [9.17, 15) is 0 Å². The molecule has 1 aromatic carbocycles. The number of benzene rings is 1. The Balaban J connectivity index is 2.08. The van der Waals surface area contributed by atoms with Gasteiger partial charge in [-0.15, -0.1) is 0 Å². The van der Waals surface area contributed by atoms with Crippen LogP contribution in [0.1, 0.15) is 33.3 Å². The number of hydrogen-bond acceptors (Lipinski definition) is 2. The van der Waals surface area contributed by atoms with Crippen molar-refractivity contribution in [1.29, 1.82) is 0 Å². The molecule has 2 aromatic rings. The maximum atomic E-state index is 5.68. The summed E-state index contributed by atoms with van der Waals surface area (Å²) in [5.41, 5.74) is 4.89. The number of hydrogen-bond donors (Lipinski definition) is 0. The van der Waals surface area contributed by atoms with Gasteiger partial charge in [0, 0.05) is 5.56 Å². The van der Waals surface area contributed by atoms with Crippen molar-refractivity contribution >= 4 is 0 Å². The summed E-state index contributed by atoms with van der Waals surface area (Å²) in [6.07, 6.45) is 6.79. The summed E-state index contributed by atoms with van der Waals surface area (Å²) in [6.45, 7) is 9.20. The summed E-state index contributed by atoms with van der Waals surface area (Å²) >= 11 is 0. The van der Waals surface area contributed by atoms with Gasteiger partial charge in [-0.05, 0) is 55.5 Å². The summed E-state index contributed by atoms with van der Waals surface area (Å²) < 4.78 is 11.1. The molecular formula is C19H24O2. The van der Waals surface area contributed by atoms with Crippen molar-refractivity contribution in [2.24, 2.45) is 5.92 Å². The van der Waals surface area contributed by atoms with Crippen molar-refractivity contribution in [2.75, 3.05) is 6.61 Å². The molecule has 0 fully saturated rings. The molecule has 1 aromatic heterocycles. The Morgan fingerprint density at radius 3 is 2.48 bits per heavy atom. The van der Waals surface area contributed by atoms with Gasteiger partial charge in [0.15, 0.2) is 0 Å². The van der Waals surface area contributed by atoms with Crippen LogP contribution in [0.5, 0.6) is 5.75 Å². The summed E-state index contributed by atoms with van der Waals surface area (Å²) in [7, 11) is 0. The van der Waals surface area contributed by atoms with Crippen LogP contribution in [-0.4, -0.2) is 6.61 Å². The number of ether oxygens (including phenoxy) is 1. The molecule has 2 nitrogen and oxygen atoms in total. The first-order valence-electron chi connectivity index (χ1n) is 7.48. The molecule has 112 valence electrons. The summed E-state index contributed by atoms with van der Waals surface area (Å²) in [6, 6.07) is 8.21. The van der Waals surface area contributed by atoms with E-state index < -0.39 is 0 Å². The van der Waals surface area contributed by atoms with Crippen LogP contribution in [-0.2, 0) is 6.42 Å². The zero-order chi connectivity index (χ0) is 15.2. The average Bonchev–Trinajstić information content (AvgIpc) is 2.86. The van der Waals surface area contributed by atoms with E-state index in [0.717, 1.165) is 12.2 Å². The Morgan fingerprint density at radius 2 is 1.86 bits per heavy atom. The molecule has 0 amide bonds. The van der Waals surface area contributed by atoms with Gasteiger partial charge in [-0.25, -0.2) is 0 Å². The zero-order valence-electron chi connectivity index (χ0n) is 13.3. The van der Waals surface area contributed by atoms with E-state index in [0.29, 0.717) is 12.5 Å². The first kappa shape index (κ1) is 15.4. The van der Waals surface area contributed by atoms with Gasteiger partial charge in [0.1, 0.15) is 12.4 Å². The zero-order valence-corrected chi connectivity index (χ0v) is 13.3. The Kier molecular flexibility index (Phi) is 5.26. The predicted molar refractivity (Wildman–Crippen MR) is 87.6 cm³/mol. The molecule has 0 spiro atoms. The molecule has 2 heteroatoms. The molecular weight excluding hydrogens is 260 g/mol. The fraction of sp³-hybridized carbons (Fsp3) is 0.368. The lowest BCUT2D eigenvalue weighted by atomic mass is 9.98. The Hall–Kier alpha value is -1.96. The largest absolute Gasteiger partial charge is 0.490 e. The Labute approximate surface area is 127 Å². The lowest BCUT2D eigenvalue weighted by Crippen LogP contribution is -1.95. The van der Waals surface area contributed by atoms with Gasteiger partial charge in [-0.2, -0.15) is 0 Å². The van der Waals surface area contributed by atoms with Gasteiger partial charge >= 0.3 is 0 Å². The normalized spacial score (nSPS) is 10.7. The highest BCUT2D eigenvalue weighted by molar-refractivity contribution is 5.66. The first-order valence-corrected chi connectivity index (χ1v) is 7.48. The van der Waals surface area contributed by atoms with Gasteiger partial charge in [0.25, 0.3) is 0 Å². The van der Waals surface area contributed by atoms with E-state index in [1.54, 1.807) is 0 Å². The van der Waals surface area contributed by atoms with E-state index in [1.165, 1.54) is 22.3 Å². The van der Waals surface area contributed by atoms with Crippen molar-refractivity contribution in [3.8, 4) is 16.9 Å². The minimum absolute atomic E-state index is 0.617. The second-order valence-corrected chi connectivity index (χ2v) is 6.03. The van der Waals surface area contributed by atoms with Crippen molar-refractivity contribution in [3.05, 3.63) is 54.0 Å². The average molecular weight is 284 g/mol. The van der Waals surface area contributed by atoms with E-state index in [1.807, 2.05) is 24.7 Å². The molecule has 0 saturated carbocycles. The molecule has 2 rings (SSSR count).